The van der Waals surface area contributed by atoms with E-state index in [2.05, 4.69) is 22.8 Å². The molecule has 2 aromatic carbocycles. The van der Waals surface area contributed by atoms with Crippen LogP contribution in [0.25, 0.3) is 6.08 Å². The summed E-state index contributed by atoms with van der Waals surface area (Å²) < 4.78 is 5.76. The Morgan fingerprint density at radius 3 is 2.54 bits per heavy atom. The molecule has 4 nitrogen and oxygen atoms in total. The SMILES string of the molecule is O=C(/C=C/c1cccs1)NC(=S)Nc1ccc(OCCc2ccccc2)cc1. The Kier molecular flexibility index (Phi) is 7.35. The van der Waals surface area contributed by atoms with Gasteiger partial charge in [0.1, 0.15) is 5.75 Å². The summed E-state index contributed by atoms with van der Waals surface area (Å²) in [6, 6.07) is 21.5. The Morgan fingerprint density at radius 2 is 1.82 bits per heavy atom. The molecule has 0 spiro atoms. The monoisotopic (exact) mass is 408 g/mol. The summed E-state index contributed by atoms with van der Waals surface area (Å²) in [5.41, 5.74) is 2.03. The van der Waals surface area contributed by atoms with Crippen LogP contribution in [-0.4, -0.2) is 17.6 Å². The maximum absolute atomic E-state index is 11.9. The molecule has 0 fully saturated rings. The van der Waals surface area contributed by atoms with Crippen LogP contribution in [0.3, 0.4) is 0 Å². The maximum atomic E-state index is 11.9. The van der Waals surface area contributed by atoms with Gasteiger partial charge in [0.15, 0.2) is 5.11 Å². The standard InChI is InChI=1S/C22H20N2O2S2/c25-21(13-12-20-7-4-16-28-20)24-22(27)23-18-8-10-19(11-9-18)26-15-14-17-5-2-1-3-6-17/h1-13,16H,14-15H2,(H2,23,24,25,27)/b13-12+. The van der Waals surface area contributed by atoms with E-state index >= 15 is 0 Å². The topological polar surface area (TPSA) is 50.4 Å². The van der Waals surface area contributed by atoms with E-state index in [0.717, 1.165) is 22.7 Å². The normalized spacial score (nSPS) is 10.6. The van der Waals surface area contributed by atoms with Gasteiger partial charge in [-0.3, -0.25) is 10.1 Å². The molecule has 1 amide bonds. The summed E-state index contributed by atoms with van der Waals surface area (Å²) in [6.07, 6.45) is 4.07. The van der Waals surface area contributed by atoms with E-state index < -0.39 is 0 Å². The van der Waals surface area contributed by atoms with Crippen LogP contribution in [-0.2, 0) is 11.2 Å². The van der Waals surface area contributed by atoms with Gasteiger partial charge in [0.25, 0.3) is 0 Å². The van der Waals surface area contributed by atoms with Crippen molar-refractivity contribution in [3.8, 4) is 5.75 Å². The zero-order valence-electron chi connectivity index (χ0n) is 15.1. The van der Waals surface area contributed by atoms with E-state index in [0.29, 0.717) is 6.61 Å². The summed E-state index contributed by atoms with van der Waals surface area (Å²) in [4.78, 5) is 12.9. The fourth-order valence-electron chi connectivity index (χ4n) is 2.43. The van der Waals surface area contributed by atoms with Crippen molar-refractivity contribution in [2.24, 2.45) is 0 Å². The van der Waals surface area contributed by atoms with E-state index in [4.69, 9.17) is 17.0 Å². The van der Waals surface area contributed by atoms with E-state index in [1.165, 1.54) is 11.6 Å². The number of hydrogen-bond acceptors (Lipinski definition) is 4. The number of ether oxygens (including phenoxy) is 1. The molecular formula is C22H20N2O2S2. The molecule has 1 aromatic heterocycles. The van der Waals surface area contributed by atoms with E-state index in [9.17, 15) is 4.79 Å². The van der Waals surface area contributed by atoms with Crippen molar-refractivity contribution in [3.05, 3.63) is 88.6 Å². The van der Waals surface area contributed by atoms with Crippen LogP contribution in [0.4, 0.5) is 5.69 Å². The fraction of sp³-hybridized carbons (Fsp3) is 0.0909. The average molecular weight is 409 g/mol. The predicted molar refractivity (Wildman–Crippen MR) is 120 cm³/mol. The fourth-order valence-corrected chi connectivity index (χ4v) is 3.26. The summed E-state index contributed by atoms with van der Waals surface area (Å²) in [5, 5.41) is 7.82. The largest absolute Gasteiger partial charge is 0.493 e. The first-order valence-electron chi connectivity index (χ1n) is 8.79. The summed E-state index contributed by atoms with van der Waals surface area (Å²) >= 11 is 6.74. The molecule has 0 saturated heterocycles. The van der Waals surface area contributed by atoms with Gasteiger partial charge < -0.3 is 10.1 Å². The first-order chi connectivity index (χ1) is 13.7. The molecule has 0 unspecified atom stereocenters. The van der Waals surface area contributed by atoms with Crippen molar-refractivity contribution in [2.45, 2.75) is 6.42 Å². The van der Waals surface area contributed by atoms with Crippen molar-refractivity contribution < 1.29 is 9.53 Å². The minimum atomic E-state index is -0.272. The number of nitrogens with one attached hydrogen (secondary N) is 2. The molecular weight excluding hydrogens is 388 g/mol. The summed E-state index contributed by atoms with van der Waals surface area (Å²) in [5.74, 6) is 0.516. The number of anilines is 1. The van der Waals surface area contributed by atoms with Crippen molar-refractivity contribution >= 4 is 46.3 Å². The molecule has 3 aromatic rings. The highest BCUT2D eigenvalue weighted by atomic mass is 32.1. The average Bonchev–Trinajstić information content (AvgIpc) is 3.22. The molecule has 6 heteroatoms. The minimum absolute atomic E-state index is 0.249. The lowest BCUT2D eigenvalue weighted by Gasteiger charge is -2.10. The second-order valence-electron chi connectivity index (χ2n) is 5.90. The quantitative estimate of drug-likeness (QED) is 0.431. The smallest absolute Gasteiger partial charge is 0.250 e. The number of carbonyl (C=O) groups is 1. The Labute approximate surface area is 173 Å². The van der Waals surface area contributed by atoms with E-state index in [1.807, 2.05) is 60.0 Å². The molecule has 28 heavy (non-hydrogen) atoms. The number of hydrogen-bond donors (Lipinski definition) is 2. The van der Waals surface area contributed by atoms with Crippen molar-refractivity contribution in [3.63, 3.8) is 0 Å². The third-order valence-corrected chi connectivity index (χ3v) is 4.84. The Hall–Kier alpha value is -2.96. The summed E-state index contributed by atoms with van der Waals surface area (Å²) in [6.45, 7) is 0.613. The Morgan fingerprint density at radius 1 is 1.04 bits per heavy atom. The van der Waals surface area contributed by atoms with Crippen LogP contribution in [0.5, 0.6) is 5.75 Å². The predicted octanol–water partition coefficient (Wildman–Crippen LogP) is 4.90. The lowest BCUT2D eigenvalue weighted by atomic mass is 10.2. The first kappa shape index (κ1) is 19.8. The number of rotatable bonds is 7. The molecule has 0 bridgehead atoms. The van der Waals surface area contributed by atoms with Crippen molar-refractivity contribution in [2.75, 3.05) is 11.9 Å². The van der Waals surface area contributed by atoms with Gasteiger partial charge in [-0.25, -0.2) is 0 Å². The molecule has 1 heterocycles. The van der Waals surface area contributed by atoms with Crippen LogP contribution < -0.4 is 15.4 Å². The van der Waals surface area contributed by atoms with Gasteiger partial charge in [0.05, 0.1) is 6.61 Å². The number of thiophene rings is 1. The van der Waals surface area contributed by atoms with Gasteiger partial charge in [-0.15, -0.1) is 11.3 Å². The second-order valence-corrected chi connectivity index (χ2v) is 7.29. The lowest BCUT2D eigenvalue weighted by Crippen LogP contribution is -2.32. The van der Waals surface area contributed by atoms with E-state index in [-0.39, 0.29) is 11.0 Å². The Bertz CT molecular complexity index is 921. The number of thiocarbonyl (C=S) groups is 1. The number of benzene rings is 2. The van der Waals surface area contributed by atoms with Gasteiger partial charge >= 0.3 is 0 Å². The molecule has 3 rings (SSSR count). The van der Waals surface area contributed by atoms with Crippen LogP contribution in [0.1, 0.15) is 10.4 Å². The van der Waals surface area contributed by atoms with Gasteiger partial charge in [-0.05, 0) is 59.6 Å². The van der Waals surface area contributed by atoms with Crippen LogP contribution in [0.15, 0.2) is 78.2 Å². The second kappa shape index (κ2) is 10.4. The zero-order valence-corrected chi connectivity index (χ0v) is 16.8. The third-order valence-electron chi connectivity index (χ3n) is 3.79. The van der Waals surface area contributed by atoms with Crippen LogP contribution in [0, 0.1) is 0 Å². The molecule has 0 aliphatic heterocycles. The first-order valence-corrected chi connectivity index (χ1v) is 10.1. The summed E-state index contributed by atoms with van der Waals surface area (Å²) in [7, 11) is 0. The molecule has 142 valence electrons. The van der Waals surface area contributed by atoms with E-state index in [1.54, 1.807) is 17.4 Å². The molecule has 0 radical (unpaired) electrons. The third kappa shape index (κ3) is 6.64. The number of carbonyl (C=O) groups excluding carboxylic acids is 1. The highest BCUT2D eigenvalue weighted by Gasteiger charge is 2.03. The molecule has 0 aliphatic rings. The van der Waals surface area contributed by atoms with Gasteiger partial charge in [-0.2, -0.15) is 0 Å². The van der Waals surface area contributed by atoms with Crippen molar-refractivity contribution in [1.29, 1.82) is 0 Å². The lowest BCUT2D eigenvalue weighted by molar-refractivity contribution is -0.115. The zero-order chi connectivity index (χ0) is 19.6. The maximum Gasteiger partial charge on any atom is 0.250 e. The Balaban J connectivity index is 1.41. The van der Waals surface area contributed by atoms with Crippen LogP contribution >= 0.6 is 23.6 Å². The molecule has 0 saturated carbocycles. The van der Waals surface area contributed by atoms with Gasteiger partial charge in [0.2, 0.25) is 5.91 Å². The van der Waals surface area contributed by atoms with Gasteiger partial charge in [-0.1, -0.05) is 36.4 Å². The minimum Gasteiger partial charge on any atom is -0.493 e. The molecule has 2 N–H and O–H groups in total. The van der Waals surface area contributed by atoms with Crippen molar-refractivity contribution in [1.82, 2.24) is 5.32 Å². The van der Waals surface area contributed by atoms with Gasteiger partial charge in [0, 0.05) is 23.1 Å². The molecule has 0 atom stereocenters. The molecule has 0 aliphatic carbocycles. The highest BCUT2D eigenvalue weighted by molar-refractivity contribution is 7.80. The number of amides is 1. The van der Waals surface area contributed by atoms with Crippen LogP contribution in [0.2, 0.25) is 0 Å². The highest BCUT2D eigenvalue weighted by Crippen LogP contribution is 2.16.